The van der Waals surface area contributed by atoms with Crippen LogP contribution in [0.2, 0.25) is 0 Å². The highest BCUT2D eigenvalue weighted by Gasteiger charge is 2.20. The van der Waals surface area contributed by atoms with E-state index in [1.54, 1.807) is 6.07 Å². The van der Waals surface area contributed by atoms with Crippen LogP contribution in [0.1, 0.15) is 37.7 Å². The molecule has 1 aliphatic carbocycles. The van der Waals surface area contributed by atoms with Gasteiger partial charge in [0.05, 0.1) is 7.11 Å². The highest BCUT2D eigenvalue weighted by Crippen LogP contribution is 2.31. The van der Waals surface area contributed by atoms with Crippen molar-refractivity contribution in [2.75, 3.05) is 7.11 Å². The zero-order chi connectivity index (χ0) is 13.0. The number of halogens is 2. The first kappa shape index (κ1) is 13.9. The molecule has 2 atom stereocenters. The molecule has 3 heteroatoms. The van der Waals surface area contributed by atoms with E-state index in [0.29, 0.717) is 16.5 Å². The molecule has 0 radical (unpaired) electrons. The molecule has 2 rings (SSSR count). The van der Waals surface area contributed by atoms with Gasteiger partial charge in [0.15, 0.2) is 11.6 Å². The van der Waals surface area contributed by atoms with E-state index >= 15 is 0 Å². The minimum atomic E-state index is -0.185. The van der Waals surface area contributed by atoms with Gasteiger partial charge in [-0.2, -0.15) is 0 Å². The predicted molar refractivity (Wildman–Crippen MR) is 75.9 cm³/mol. The fraction of sp³-hybridized carbons (Fsp3) is 0.600. The Morgan fingerprint density at radius 2 is 2.11 bits per heavy atom. The first-order chi connectivity index (χ1) is 8.70. The average molecular weight is 315 g/mol. The molecule has 1 aliphatic rings. The molecule has 1 aromatic carbocycles. The molecular weight excluding hydrogens is 295 g/mol. The first-order valence-electron chi connectivity index (χ1n) is 6.66. The van der Waals surface area contributed by atoms with Crippen LogP contribution in [0.5, 0.6) is 5.75 Å². The lowest BCUT2D eigenvalue weighted by atomic mass is 9.92. The maximum Gasteiger partial charge on any atom is 0.168 e. The summed E-state index contributed by atoms with van der Waals surface area (Å²) in [5, 5.41) is 0. The van der Waals surface area contributed by atoms with Crippen LogP contribution in [0.4, 0.5) is 4.39 Å². The molecule has 1 aromatic rings. The Morgan fingerprint density at radius 1 is 1.33 bits per heavy atom. The van der Waals surface area contributed by atoms with E-state index < -0.39 is 0 Å². The van der Waals surface area contributed by atoms with E-state index in [1.165, 1.54) is 32.8 Å². The van der Waals surface area contributed by atoms with E-state index in [-0.39, 0.29) is 5.82 Å². The molecule has 1 saturated carbocycles. The fourth-order valence-corrected chi connectivity index (χ4v) is 3.62. The summed E-state index contributed by atoms with van der Waals surface area (Å²) in [6, 6.07) is 5.44. The second-order valence-corrected chi connectivity index (χ2v) is 6.42. The summed E-state index contributed by atoms with van der Waals surface area (Å²) in [5.41, 5.74) is 0.793. The molecule has 1 nitrogen and oxygen atoms in total. The summed E-state index contributed by atoms with van der Waals surface area (Å²) >= 11 is 3.72. The third-order valence-electron chi connectivity index (χ3n) is 3.74. The van der Waals surface area contributed by atoms with Crippen LogP contribution >= 0.6 is 15.9 Å². The van der Waals surface area contributed by atoms with Gasteiger partial charge in [0, 0.05) is 4.83 Å². The number of methoxy groups -OCH3 is 1. The van der Waals surface area contributed by atoms with Crippen LogP contribution in [0.15, 0.2) is 18.2 Å². The molecule has 18 heavy (non-hydrogen) atoms. The monoisotopic (exact) mass is 314 g/mol. The van der Waals surface area contributed by atoms with Crippen LogP contribution in [-0.2, 0) is 6.42 Å². The molecule has 0 aromatic heterocycles. The van der Waals surface area contributed by atoms with E-state index in [1.807, 2.05) is 12.1 Å². The van der Waals surface area contributed by atoms with Crippen molar-refractivity contribution in [2.24, 2.45) is 5.92 Å². The summed E-state index contributed by atoms with van der Waals surface area (Å²) in [4.78, 5) is 0.596. The molecule has 0 saturated heterocycles. The van der Waals surface area contributed by atoms with Gasteiger partial charge in [-0.15, -0.1) is 0 Å². The number of ether oxygens (including phenoxy) is 1. The summed E-state index contributed by atoms with van der Waals surface area (Å²) < 4.78 is 19.1. The van der Waals surface area contributed by atoms with Crippen molar-refractivity contribution in [3.05, 3.63) is 29.6 Å². The number of hydrogen-bond acceptors (Lipinski definition) is 1. The lowest BCUT2D eigenvalue weighted by Crippen LogP contribution is -2.09. The Kier molecular flexibility index (Phi) is 5.04. The third kappa shape index (κ3) is 3.47. The molecule has 0 spiro atoms. The highest BCUT2D eigenvalue weighted by molar-refractivity contribution is 9.09. The van der Waals surface area contributed by atoms with Gasteiger partial charge in [-0.25, -0.2) is 4.39 Å². The van der Waals surface area contributed by atoms with Gasteiger partial charge >= 0.3 is 0 Å². The number of hydrogen-bond donors (Lipinski definition) is 0. The maximum atomic E-state index is 14.1. The van der Waals surface area contributed by atoms with Crippen LogP contribution < -0.4 is 4.74 Å². The number of benzene rings is 1. The molecule has 2 unspecified atom stereocenters. The molecule has 0 amide bonds. The van der Waals surface area contributed by atoms with Crippen molar-refractivity contribution in [2.45, 2.75) is 43.4 Å². The zero-order valence-electron chi connectivity index (χ0n) is 10.8. The largest absolute Gasteiger partial charge is 0.494 e. The topological polar surface area (TPSA) is 9.23 Å². The molecule has 0 bridgehead atoms. The number of rotatable bonds is 3. The van der Waals surface area contributed by atoms with E-state index in [2.05, 4.69) is 15.9 Å². The van der Waals surface area contributed by atoms with Crippen molar-refractivity contribution in [3.8, 4) is 5.75 Å². The van der Waals surface area contributed by atoms with Gasteiger partial charge in [-0.3, -0.25) is 0 Å². The lowest BCUT2D eigenvalue weighted by Gasteiger charge is -2.17. The average Bonchev–Trinajstić information content (AvgIpc) is 2.56. The van der Waals surface area contributed by atoms with Gasteiger partial charge in [0.2, 0.25) is 0 Å². The van der Waals surface area contributed by atoms with Crippen molar-refractivity contribution in [1.82, 2.24) is 0 Å². The minimum Gasteiger partial charge on any atom is -0.494 e. The molecule has 0 aliphatic heterocycles. The van der Waals surface area contributed by atoms with E-state index in [0.717, 1.165) is 18.4 Å². The Hall–Kier alpha value is -0.570. The normalized spacial score (nSPS) is 24.6. The summed E-state index contributed by atoms with van der Waals surface area (Å²) in [6.45, 7) is 0. The smallest absolute Gasteiger partial charge is 0.168 e. The van der Waals surface area contributed by atoms with Crippen molar-refractivity contribution < 1.29 is 9.13 Å². The summed E-state index contributed by atoms with van der Waals surface area (Å²) in [5.74, 6) is 0.755. The summed E-state index contributed by atoms with van der Waals surface area (Å²) in [6.07, 6.45) is 6.98. The van der Waals surface area contributed by atoms with Crippen LogP contribution in [0, 0.1) is 11.7 Å². The standard InChI is InChI=1S/C15H20BrFO/c1-18-14-8-4-6-12(15(14)17)9-11-5-2-3-7-13(16)10-11/h4,6,8,11,13H,2-3,5,7,9-10H2,1H3. The zero-order valence-corrected chi connectivity index (χ0v) is 12.4. The Bertz CT molecular complexity index is 394. The van der Waals surface area contributed by atoms with Gasteiger partial charge in [-0.1, -0.05) is 47.3 Å². The molecule has 0 heterocycles. The fourth-order valence-electron chi connectivity index (χ4n) is 2.76. The van der Waals surface area contributed by atoms with Gasteiger partial charge in [0.25, 0.3) is 0 Å². The molecular formula is C15H20BrFO. The highest BCUT2D eigenvalue weighted by atomic mass is 79.9. The van der Waals surface area contributed by atoms with E-state index in [4.69, 9.17) is 4.74 Å². The van der Waals surface area contributed by atoms with Gasteiger partial charge in [-0.05, 0) is 36.8 Å². The molecule has 0 N–H and O–H groups in total. The van der Waals surface area contributed by atoms with Crippen LogP contribution in [0.25, 0.3) is 0 Å². The Morgan fingerprint density at radius 3 is 2.89 bits per heavy atom. The second-order valence-electron chi connectivity index (χ2n) is 5.12. The van der Waals surface area contributed by atoms with Crippen molar-refractivity contribution in [1.29, 1.82) is 0 Å². The van der Waals surface area contributed by atoms with Crippen molar-refractivity contribution >= 4 is 15.9 Å². The Balaban J connectivity index is 2.08. The first-order valence-corrected chi connectivity index (χ1v) is 7.57. The molecule has 1 fully saturated rings. The quantitative estimate of drug-likeness (QED) is 0.579. The van der Waals surface area contributed by atoms with Gasteiger partial charge < -0.3 is 4.74 Å². The van der Waals surface area contributed by atoms with Gasteiger partial charge in [0.1, 0.15) is 0 Å². The molecule has 100 valence electrons. The predicted octanol–water partition coefficient (Wildman–Crippen LogP) is 4.72. The van der Waals surface area contributed by atoms with Crippen molar-refractivity contribution in [3.63, 3.8) is 0 Å². The Labute approximate surface area is 117 Å². The van der Waals surface area contributed by atoms with E-state index in [9.17, 15) is 4.39 Å². The van der Waals surface area contributed by atoms with Crippen LogP contribution in [-0.4, -0.2) is 11.9 Å². The van der Waals surface area contributed by atoms with Crippen LogP contribution in [0.3, 0.4) is 0 Å². The number of alkyl halides is 1. The second kappa shape index (κ2) is 6.55. The third-order valence-corrected chi connectivity index (χ3v) is 4.57. The summed E-state index contributed by atoms with van der Waals surface area (Å²) in [7, 11) is 1.52. The maximum absolute atomic E-state index is 14.1. The lowest BCUT2D eigenvalue weighted by molar-refractivity contribution is 0.379. The minimum absolute atomic E-state index is 0.185. The SMILES string of the molecule is COc1cccc(CC2CCCCC(Br)C2)c1F.